The van der Waals surface area contributed by atoms with Crippen LogP contribution in [0.1, 0.15) is 35.3 Å². The highest BCUT2D eigenvalue weighted by Gasteiger charge is 2.57. The average molecular weight is 533 g/mol. The Kier molecular flexibility index (Phi) is 6.22. The number of anilines is 2. The SMILES string of the molecule is CCN(CC)c1ccc2c3c(ccc2c1)C1(OC(=O)c2ccccc21)C(C(=N)N(C)C)=C(Nc1ccccc1)O3. The number of nitrogens with one attached hydrogen (secondary N) is 2. The van der Waals surface area contributed by atoms with Crippen LogP contribution in [0.25, 0.3) is 10.8 Å². The van der Waals surface area contributed by atoms with E-state index < -0.39 is 11.6 Å². The molecular formula is C33H32N4O3. The lowest BCUT2D eigenvalue weighted by Crippen LogP contribution is -2.43. The third-order valence-electron chi connectivity index (χ3n) is 7.73. The topological polar surface area (TPSA) is 77.9 Å². The number of hydrogen-bond acceptors (Lipinski definition) is 6. The fourth-order valence-electron chi connectivity index (χ4n) is 5.75. The molecule has 1 atom stereocenters. The summed E-state index contributed by atoms with van der Waals surface area (Å²) in [6.07, 6.45) is 0. The van der Waals surface area contributed by atoms with Crippen molar-refractivity contribution in [3.8, 4) is 5.75 Å². The van der Waals surface area contributed by atoms with E-state index in [0.29, 0.717) is 33.9 Å². The Bertz CT molecular complexity index is 1670. The molecular weight excluding hydrogens is 500 g/mol. The van der Waals surface area contributed by atoms with Crippen LogP contribution in [-0.2, 0) is 10.3 Å². The maximum atomic E-state index is 13.4. The lowest BCUT2D eigenvalue weighted by atomic mass is 9.76. The number of amidine groups is 1. The van der Waals surface area contributed by atoms with Gasteiger partial charge in [0, 0.05) is 55.1 Å². The summed E-state index contributed by atoms with van der Waals surface area (Å²) in [6, 6.07) is 27.5. The minimum atomic E-state index is -1.37. The van der Waals surface area contributed by atoms with Gasteiger partial charge in [-0.05, 0) is 61.7 Å². The Labute approximate surface area is 234 Å². The molecule has 0 amide bonds. The normalized spacial score (nSPS) is 17.2. The summed E-state index contributed by atoms with van der Waals surface area (Å²) in [5.41, 5.74) is 2.86. The van der Waals surface area contributed by atoms with Gasteiger partial charge in [-0.2, -0.15) is 0 Å². The Morgan fingerprint density at radius 3 is 2.35 bits per heavy atom. The second-order valence-corrected chi connectivity index (χ2v) is 10.2. The number of para-hydroxylation sites is 1. The number of carbonyl (C=O) groups excluding carboxylic acids is 1. The molecule has 0 bridgehead atoms. The maximum Gasteiger partial charge on any atom is 0.340 e. The van der Waals surface area contributed by atoms with E-state index in [1.807, 2.05) is 60.7 Å². The molecule has 0 radical (unpaired) electrons. The number of fused-ring (bicyclic) bond motifs is 6. The minimum Gasteiger partial charge on any atom is -0.440 e. The summed E-state index contributed by atoms with van der Waals surface area (Å²) >= 11 is 0. The van der Waals surface area contributed by atoms with E-state index in [9.17, 15) is 10.2 Å². The molecule has 2 heterocycles. The van der Waals surface area contributed by atoms with Crippen molar-refractivity contribution >= 4 is 34.0 Å². The van der Waals surface area contributed by atoms with Crippen LogP contribution in [0.4, 0.5) is 11.4 Å². The molecule has 40 heavy (non-hydrogen) atoms. The molecule has 6 rings (SSSR count). The molecule has 1 unspecified atom stereocenters. The van der Waals surface area contributed by atoms with Crippen LogP contribution in [0, 0.1) is 5.41 Å². The summed E-state index contributed by atoms with van der Waals surface area (Å²) in [5.74, 6) is 0.693. The van der Waals surface area contributed by atoms with Crippen molar-refractivity contribution in [1.29, 1.82) is 5.41 Å². The van der Waals surface area contributed by atoms with Crippen molar-refractivity contribution < 1.29 is 14.3 Å². The number of likely N-dealkylation sites (N-methyl/N-ethyl adjacent to an activating group) is 1. The monoisotopic (exact) mass is 532 g/mol. The van der Waals surface area contributed by atoms with Crippen molar-refractivity contribution in [2.75, 3.05) is 37.4 Å². The first-order valence-electron chi connectivity index (χ1n) is 13.5. The molecule has 0 fully saturated rings. The lowest BCUT2D eigenvalue weighted by molar-refractivity contribution is 0.0220. The summed E-state index contributed by atoms with van der Waals surface area (Å²) in [5, 5.41) is 14.5. The zero-order chi connectivity index (χ0) is 28.0. The summed E-state index contributed by atoms with van der Waals surface area (Å²) in [7, 11) is 3.60. The Hall–Kier alpha value is -4.78. The molecule has 2 aliphatic rings. The zero-order valence-corrected chi connectivity index (χ0v) is 23.1. The van der Waals surface area contributed by atoms with Gasteiger partial charge in [0.05, 0.1) is 5.56 Å². The molecule has 202 valence electrons. The summed E-state index contributed by atoms with van der Waals surface area (Å²) < 4.78 is 13.1. The second-order valence-electron chi connectivity index (χ2n) is 10.2. The van der Waals surface area contributed by atoms with E-state index in [0.717, 1.165) is 35.2 Å². The highest BCUT2D eigenvalue weighted by molar-refractivity contribution is 6.06. The fourth-order valence-corrected chi connectivity index (χ4v) is 5.75. The van der Waals surface area contributed by atoms with E-state index in [1.165, 1.54) is 0 Å². The largest absolute Gasteiger partial charge is 0.440 e. The molecule has 0 aliphatic carbocycles. The first kappa shape index (κ1) is 25.5. The van der Waals surface area contributed by atoms with Gasteiger partial charge in [-0.3, -0.25) is 5.41 Å². The van der Waals surface area contributed by atoms with Crippen molar-refractivity contribution in [3.05, 3.63) is 113 Å². The molecule has 7 nitrogen and oxygen atoms in total. The number of esters is 1. The van der Waals surface area contributed by atoms with Crippen LogP contribution in [0.3, 0.4) is 0 Å². The van der Waals surface area contributed by atoms with Gasteiger partial charge in [-0.15, -0.1) is 0 Å². The molecule has 1 spiro atoms. The molecule has 0 saturated carbocycles. The van der Waals surface area contributed by atoms with Gasteiger partial charge >= 0.3 is 5.97 Å². The number of hydrogen-bond donors (Lipinski definition) is 2. The zero-order valence-electron chi connectivity index (χ0n) is 23.1. The van der Waals surface area contributed by atoms with Gasteiger partial charge in [-0.25, -0.2) is 4.79 Å². The number of ether oxygens (including phenoxy) is 2. The van der Waals surface area contributed by atoms with Crippen LogP contribution >= 0.6 is 0 Å². The highest BCUT2D eigenvalue weighted by Crippen LogP contribution is 2.55. The van der Waals surface area contributed by atoms with Crippen molar-refractivity contribution in [2.24, 2.45) is 0 Å². The van der Waals surface area contributed by atoms with Crippen LogP contribution in [0.15, 0.2) is 96.4 Å². The van der Waals surface area contributed by atoms with Gasteiger partial charge in [0.15, 0.2) is 0 Å². The second kappa shape index (κ2) is 9.75. The van der Waals surface area contributed by atoms with Crippen molar-refractivity contribution in [3.63, 3.8) is 0 Å². The highest BCUT2D eigenvalue weighted by atomic mass is 16.6. The van der Waals surface area contributed by atoms with Crippen molar-refractivity contribution in [1.82, 2.24) is 4.90 Å². The molecule has 4 aromatic carbocycles. The van der Waals surface area contributed by atoms with Gasteiger partial charge < -0.3 is 24.6 Å². The van der Waals surface area contributed by atoms with Gasteiger partial charge in [0.25, 0.3) is 0 Å². The lowest BCUT2D eigenvalue weighted by Gasteiger charge is -2.40. The first-order chi connectivity index (χ1) is 19.4. The number of nitrogens with zero attached hydrogens (tertiary/aromatic N) is 2. The number of carbonyl (C=O) groups is 1. The van der Waals surface area contributed by atoms with Crippen LogP contribution in [0.5, 0.6) is 5.75 Å². The smallest absolute Gasteiger partial charge is 0.340 e. The molecule has 7 heteroatoms. The van der Waals surface area contributed by atoms with E-state index in [4.69, 9.17) is 9.47 Å². The standard InChI is InChI=1S/C33H32N4O3/c1-5-37(6-2)23-17-18-24-21(20-23)16-19-27-29(24)39-31(35-22-12-8-7-9-13-22)28(30(34)36(3)4)33(27)26-15-11-10-14-25(26)32(38)40-33/h7-20,34-35H,5-6H2,1-4H3. The summed E-state index contributed by atoms with van der Waals surface area (Å²) in [6.45, 7) is 6.10. The predicted octanol–water partition coefficient (Wildman–Crippen LogP) is 6.35. The van der Waals surface area contributed by atoms with Gasteiger partial charge in [0.2, 0.25) is 11.5 Å². The summed E-state index contributed by atoms with van der Waals surface area (Å²) in [4.78, 5) is 17.4. The van der Waals surface area contributed by atoms with E-state index >= 15 is 0 Å². The van der Waals surface area contributed by atoms with E-state index in [2.05, 4.69) is 42.3 Å². The fraction of sp³-hybridized carbons (Fsp3) is 0.212. The van der Waals surface area contributed by atoms with E-state index in [-0.39, 0.29) is 5.84 Å². The number of benzene rings is 4. The average Bonchev–Trinajstić information content (AvgIpc) is 3.26. The van der Waals surface area contributed by atoms with Crippen molar-refractivity contribution in [2.45, 2.75) is 19.4 Å². The van der Waals surface area contributed by atoms with Crippen LogP contribution < -0.4 is 15.0 Å². The molecule has 4 aromatic rings. The Morgan fingerprint density at radius 1 is 0.900 bits per heavy atom. The Morgan fingerprint density at radius 2 is 1.62 bits per heavy atom. The molecule has 0 aromatic heterocycles. The van der Waals surface area contributed by atoms with Crippen LogP contribution in [0.2, 0.25) is 0 Å². The minimum absolute atomic E-state index is 0.172. The third-order valence-corrected chi connectivity index (χ3v) is 7.73. The number of rotatable bonds is 6. The van der Waals surface area contributed by atoms with Gasteiger partial charge in [0.1, 0.15) is 17.2 Å². The van der Waals surface area contributed by atoms with E-state index in [1.54, 1.807) is 25.1 Å². The van der Waals surface area contributed by atoms with Gasteiger partial charge in [-0.1, -0.05) is 42.5 Å². The third kappa shape index (κ3) is 3.80. The predicted molar refractivity (Wildman–Crippen MR) is 159 cm³/mol. The first-order valence-corrected chi connectivity index (χ1v) is 13.5. The quantitative estimate of drug-likeness (QED) is 0.171. The molecule has 0 saturated heterocycles. The maximum absolute atomic E-state index is 13.4. The molecule has 2 N–H and O–H groups in total. The van der Waals surface area contributed by atoms with Crippen LogP contribution in [-0.4, -0.2) is 43.9 Å². The molecule has 2 aliphatic heterocycles. The Balaban J connectivity index is 1.67.